The summed E-state index contributed by atoms with van der Waals surface area (Å²) in [4.78, 5) is 0. The Morgan fingerprint density at radius 1 is 0.667 bits per heavy atom. The van der Waals surface area contributed by atoms with E-state index in [0.717, 1.165) is 16.7 Å². The molecule has 2 nitrogen and oxygen atoms in total. The number of hydrogen-bond donors (Lipinski definition) is 2. The van der Waals surface area contributed by atoms with Crippen molar-refractivity contribution in [2.75, 3.05) is 0 Å². The second-order valence-electron chi connectivity index (χ2n) is 4.79. The van der Waals surface area contributed by atoms with Crippen LogP contribution in [0, 0.1) is 0 Å². The molecule has 0 aliphatic carbocycles. The average molecular weight is 297 g/mol. The lowest BCUT2D eigenvalue weighted by molar-refractivity contribution is 0.462. The maximum absolute atomic E-state index is 9.88. The van der Waals surface area contributed by atoms with Gasteiger partial charge in [0.05, 0.1) is 0 Å². The fraction of sp³-hybridized carbons (Fsp3) is 0. The van der Waals surface area contributed by atoms with Crippen LogP contribution in [0.1, 0.15) is 0 Å². The van der Waals surface area contributed by atoms with Gasteiger partial charge < -0.3 is 10.2 Å². The Morgan fingerprint density at radius 3 is 2.10 bits per heavy atom. The molecule has 3 aromatic carbocycles. The first-order valence-corrected chi connectivity index (χ1v) is 6.89. The number of aromatic hydroxyl groups is 2. The van der Waals surface area contributed by atoms with Crippen LogP contribution in [-0.2, 0) is 0 Å². The van der Waals surface area contributed by atoms with Crippen LogP contribution in [0.25, 0.3) is 22.3 Å². The summed E-state index contributed by atoms with van der Waals surface area (Å²) in [5, 5.41) is 20.1. The van der Waals surface area contributed by atoms with Crippen molar-refractivity contribution in [3.05, 3.63) is 71.8 Å². The van der Waals surface area contributed by atoms with Gasteiger partial charge in [-0.2, -0.15) is 0 Å². The molecular weight excluding hydrogens is 284 g/mol. The van der Waals surface area contributed by atoms with E-state index in [1.807, 2.05) is 48.5 Å². The summed E-state index contributed by atoms with van der Waals surface area (Å²) in [6.07, 6.45) is 0. The highest BCUT2D eigenvalue weighted by atomic mass is 35.5. The summed E-state index contributed by atoms with van der Waals surface area (Å²) in [6.45, 7) is 0. The zero-order chi connectivity index (χ0) is 14.8. The normalized spacial score (nSPS) is 10.5. The highest BCUT2D eigenvalue weighted by Gasteiger charge is 2.06. The molecule has 0 aromatic heterocycles. The standard InChI is InChI=1S/C18H13ClO2/c19-15-3-1-2-14(10-15)12-4-6-13(7-5-12)17-11-16(20)8-9-18(17)21/h1-11,20-21H. The van der Waals surface area contributed by atoms with Gasteiger partial charge in [-0.05, 0) is 47.0 Å². The van der Waals surface area contributed by atoms with Gasteiger partial charge in [-0.25, -0.2) is 0 Å². The molecule has 0 unspecified atom stereocenters. The lowest BCUT2D eigenvalue weighted by Gasteiger charge is -2.07. The molecule has 0 atom stereocenters. The summed E-state index contributed by atoms with van der Waals surface area (Å²) >= 11 is 6.00. The van der Waals surface area contributed by atoms with Crippen LogP contribution in [-0.4, -0.2) is 10.2 Å². The van der Waals surface area contributed by atoms with Crippen molar-refractivity contribution >= 4 is 11.6 Å². The van der Waals surface area contributed by atoms with Crippen molar-refractivity contribution in [3.8, 4) is 33.8 Å². The molecule has 2 N–H and O–H groups in total. The van der Waals surface area contributed by atoms with E-state index in [2.05, 4.69) is 0 Å². The largest absolute Gasteiger partial charge is 0.508 e. The highest BCUT2D eigenvalue weighted by Crippen LogP contribution is 2.33. The SMILES string of the molecule is Oc1ccc(O)c(-c2ccc(-c3cccc(Cl)c3)cc2)c1. The summed E-state index contributed by atoms with van der Waals surface area (Å²) in [6, 6.07) is 19.9. The molecule has 0 saturated heterocycles. The molecule has 0 heterocycles. The second-order valence-corrected chi connectivity index (χ2v) is 5.23. The second kappa shape index (κ2) is 5.51. The predicted octanol–water partition coefficient (Wildman–Crippen LogP) is 5.09. The van der Waals surface area contributed by atoms with Crippen molar-refractivity contribution < 1.29 is 10.2 Å². The third kappa shape index (κ3) is 2.86. The summed E-state index contributed by atoms with van der Waals surface area (Å²) < 4.78 is 0. The van der Waals surface area contributed by atoms with Crippen LogP contribution < -0.4 is 0 Å². The van der Waals surface area contributed by atoms with Gasteiger partial charge in [0.2, 0.25) is 0 Å². The van der Waals surface area contributed by atoms with E-state index in [0.29, 0.717) is 10.6 Å². The van der Waals surface area contributed by atoms with Gasteiger partial charge >= 0.3 is 0 Å². The molecule has 3 heteroatoms. The summed E-state index contributed by atoms with van der Waals surface area (Å²) in [5.41, 5.74) is 3.52. The molecule has 0 radical (unpaired) electrons. The molecule has 104 valence electrons. The first kappa shape index (κ1) is 13.5. The topological polar surface area (TPSA) is 40.5 Å². The van der Waals surface area contributed by atoms with Crippen molar-refractivity contribution in [2.24, 2.45) is 0 Å². The molecule has 0 bridgehead atoms. The van der Waals surface area contributed by atoms with Gasteiger partial charge in [-0.3, -0.25) is 0 Å². The monoisotopic (exact) mass is 296 g/mol. The number of phenolic OH excluding ortho intramolecular Hbond substituents is 2. The summed E-state index contributed by atoms with van der Waals surface area (Å²) in [5.74, 6) is 0.269. The maximum Gasteiger partial charge on any atom is 0.123 e. The van der Waals surface area contributed by atoms with E-state index in [1.54, 1.807) is 6.07 Å². The Labute approximate surface area is 127 Å². The number of hydrogen-bond acceptors (Lipinski definition) is 2. The number of phenols is 2. The van der Waals surface area contributed by atoms with Crippen LogP contribution in [0.4, 0.5) is 0 Å². The molecule has 0 fully saturated rings. The van der Waals surface area contributed by atoms with Gasteiger partial charge in [-0.1, -0.05) is 48.0 Å². The third-order valence-electron chi connectivity index (χ3n) is 3.33. The van der Waals surface area contributed by atoms with Gasteiger partial charge in [-0.15, -0.1) is 0 Å². The van der Waals surface area contributed by atoms with E-state index in [9.17, 15) is 10.2 Å². The molecule has 21 heavy (non-hydrogen) atoms. The third-order valence-corrected chi connectivity index (χ3v) is 3.57. The molecule has 0 aliphatic heterocycles. The molecule has 0 amide bonds. The van der Waals surface area contributed by atoms with Crippen LogP contribution in [0.15, 0.2) is 66.7 Å². The lowest BCUT2D eigenvalue weighted by Crippen LogP contribution is -1.81. The Balaban J connectivity index is 1.99. The van der Waals surface area contributed by atoms with Crippen molar-refractivity contribution in [1.82, 2.24) is 0 Å². The Morgan fingerprint density at radius 2 is 1.38 bits per heavy atom. The van der Waals surface area contributed by atoms with Crippen LogP contribution in [0.2, 0.25) is 5.02 Å². The number of rotatable bonds is 2. The number of benzene rings is 3. The molecule has 0 spiro atoms. The molecule has 0 aliphatic rings. The van der Waals surface area contributed by atoms with Gasteiger partial charge in [0.1, 0.15) is 11.5 Å². The van der Waals surface area contributed by atoms with E-state index < -0.39 is 0 Å². The Bertz CT molecular complexity index is 779. The van der Waals surface area contributed by atoms with Crippen LogP contribution >= 0.6 is 11.6 Å². The van der Waals surface area contributed by atoms with Crippen molar-refractivity contribution in [3.63, 3.8) is 0 Å². The van der Waals surface area contributed by atoms with E-state index >= 15 is 0 Å². The van der Waals surface area contributed by atoms with Crippen LogP contribution in [0.5, 0.6) is 11.5 Å². The van der Waals surface area contributed by atoms with E-state index in [-0.39, 0.29) is 11.5 Å². The van der Waals surface area contributed by atoms with Gasteiger partial charge in [0.15, 0.2) is 0 Å². The molecular formula is C18H13ClO2. The van der Waals surface area contributed by atoms with E-state index in [1.165, 1.54) is 12.1 Å². The zero-order valence-electron chi connectivity index (χ0n) is 11.1. The lowest BCUT2D eigenvalue weighted by atomic mass is 9.99. The van der Waals surface area contributed by atoms with Crippen LogP contribution in [0.3, 0.4) is 0 Å². The van der Waals surface area contributed by atoms with Crippen molar-refractivity contribution in [2.45, 2.75) is 0 Å². The molecule has 0 saturated carbocycles. The first-order valence-electron chi connectivity index (χ1n) is 6.52. The van der Waals surface area contributed by atoms with Crippen molar-refractivity contribution in [1.29, 1.82) is 0 Å². The quantitative estimate of drug-likeness (QED) is 0.647. The van der Waals surface area contributed by atoms with Gasteiger partial charge in [0, 0.05) is 10.6 Å². The zero-order valence-corrected chi connectivity index (χ0v) is 11.9. The minimum Gasteiger partial charge on any atom is -0.508 e. The van der Waals surface area contributed by atoms with Gasteiger partial charge in [0.25, 0.3) is 0 Å². The fourth-order valence-corrected chi connectivity index (χ4v) is 2.46. The molecule has 3 aromatic rings. The Hall–Kier alpha value is -2.45. The minimum atomic E-state index is 0.127. The fourth-order valence-electron chi connectivity index (χ4n) is 2.27. The first-order chi connectivity index (χ1) is 10.1. The smallest absolute Gasteiger partial charge is 0.123 e. The minimum absolute atomic E-state index is 0.127. The number of halogens is 1. The molecule has 3 rings (SSSR count). The maximum atomic E-state index is 9.88. The Kier molecular flexibility index (Phi) is 3.55. The highest BCUT2D eigenvalue weighted by molar-refractivity contribution is 6.30. The summed E-state index contributed by atoms with van der Waals surface area (Å²) in [7, 11) is 0. The van der Waals surface area contributed by atoms with E-state index in [4.69, 9.17) is 11.6 Å². The predicted molar refractivity (Wildman–Crippen MR) is 85.7 cm³/mol. The average Bonchev–Trinajstić information content (AvgIpc) is 2.50.